The van der Waals surface area contributed by atoms with Crippen LogP contribution < -0.4 is 5.32 Å². The van der Waals surface area contributed by atoms with Crippen molar-refractivity contribution < 1.29 is 4.79 Å². The van der Waals surface area contributed by atoms with E-state index in [4.69, 9.17) is 0 Å². The van der Waals surface area contributed by atoms with Crippen molar-refractivity contribution in [3.63, 3.8) is 0 Å². The van der Waals surface area contributed by atoms with Crippen LogP contribution in [0.15, 0.2) is 94.8 Å². The summed E-state index contributed by atoms with van der Waals surface area (Å²) in [6, 6.07) is 23.2. The Morgan fingerprint density at radius 2 is 1.70 bits per heavy atom. The summed E-state index contributed by atoms with van der Waals surface area (Å²) in [6.07, 6.45) is 3.38. The molecular formula is C24H17BrN6OS. The molecule has 3 aromatic carbocycles. The third-order valence-corrected chi connectivity index (χ3v) is 6.38. The van der Waals surface area contributed by atoms with Crippen molar-refractivity contribution in [2.24, 2.45) is 0 Å². The van der Waals surface area contributed by atoms with Gasteiger partial charge < -0.3 is 5.32 Å². The first-order chi connectivity index (χ1) is 16.2. The van der Waals surface area contributed by atoms with Crippen LogP contribution in [0, 0.1) is 0 Å². The molecule has 162 valence electrons. The van der Waals surface area contributed by atoms with E-state index in [0.717, 1.165) is 26.6 Å². The summed E-state index contributed by atoms with van der Waals surface area (Å²) >= 11 is 4.87. The first-order valence-electron chi connectivity index (χ1n) is 10.1. The topological polar surface area (TPSA) is 85.6 Å². The molecule has 0 aliphatic rings. The molecule has 0 aliphatic heterocycles. The van der Waals surface area contributed by atoms with Gasteiger partial charge in [0, 0.05) is 33.7 Å². The van der Waals surface area contributed by atoms with Gasteiger partial charge in [-0.05, 0) is 41.8 Å². The summed E-state index contributed by atoms with van der Waals surface area (Å²) in [7, 11) is 0. The number of benzene rings is 3. The molecule has 2 aromatic heterocycles. The molecule has 0 fully saturated rings. The van der Waals surface area contributed by atoms with Gasteiger partial charge >= 0.3 is 0 Å². The van der Waals surface area contributed by atoms with Crippen LogP contribution in [-0.4, -0.2) is 30.9 Å². The molecule has 0 saturated carbocycles. The molecule has 0 unspecified atom stereocenters. The molecule has 2 heterocycles. The van der Waals surface area contributed by atoms with E-state index < -0.39 is 0 Å². The fourth-order valence-electron chi connectivity index (χ4n) is 3.41. The van der Waals surface area contributed by atoms with E-state index in [1.165, 1.54) is 11.8 Å². The predicted octanol–water partition coefficient (Wildman–Crippen LogP) is 5.52. The Morgan fingerprint density at radius 3 is 2.52 bits per heavy atom. The number of thioether (sulfide) groups is 1. The zero-order valence-electron chi connectivity index (χ0n) is 17.2. The number of aromatic nitrogens is 5. The molecule has 5 rings (SSSR count). The van der Waals surface area contributed by atoms with Gasteiger partial charge in [-0.1, -0.05) is 69.3 Å². The zero-order valence-corrected chi connectivity index (χ0v) is 19.6. The molecule has 0 saturated heterocycles. The van der Waals surface area contributed by atoms with Crippen LogP contribution in [0.25, 0.3) is 16.5 Å². The Bertz CT molecular complexity index is 1420. The van der Waals surface area contributed by atoms with E-state index in [9.17, 15) is 4.79 Å². The summed E-state index contributed by atoms with van der Waals surface area (Å²) in [6.45, 7) is 0. The highest BCUT2D eigenvalue weighted by Crippen LogP contribution is 2.26. The Labute approximate surface area is 202 Å². The van der Waals surface area contributed by atoms with Gasteiger partial charge in [0.15, 0.2) is 10.9 Å². The quantitative estimate of drug-likeness (QED) is 0.236. The molecule has 0 bridgehead atoms. The number of carbonyl (C=O) groups is 1. The van der Waals surface area contributed by atoms with Crippen LogP contribution in [0.1, 0.15) is 16.2 Å². The fraction of sp³-hybridized carbons (Fsp3) is 0.0417. The lowest BCUT2D eigenvalue weighted by Gasteiger charge is -2.10. The van der Waals surface area contributed by atoms with Gasteiger partial charge in [0.05, 0.1) is 11.4 Å². The number of hydrogen-bond donors (Lipinski definition) is 1. The van der Waals surface area contributed by atoms with E-state index in [0.29, 0.717) is 16.6 Å². The van der Waals surface area contributed by atoms with Crippen molar-refractivity contribution in [3.05, 3.63) is 101 Å². The molecule has 9 heteroatoms. The van der Waals surface area contributed by atoms with Crippen LogP contribution in [0.3, 0.4) is 0 Å². The average molecular weight is 517 g/mol. The summed E-state index contributed by atoms with van der Waals surface area (Å²) in [5.41, 5.74) is 2.45. The summed E-state index contributed by atoms with van der Waals surface area (Å²) in [5.74, 6) is 0.102. The highest BCUT2D eigenvalue weighted by atomic mass is 79.9. The third-order valence-electron chi connectivity index (χ3n) is 4.97. The number of carbonyl (C=O) groups excluding carboxylic acids is 1. The highest BCUT2D eigenvalue weighted by Gasteiger charge is 2.22. The zero-order chi connectivity index (χ0) is 22.6. The second kappa shape index (κ2) is 9.51. The van der Waals surface area contributed by atoms with Crippen molar-refractivity contribution in [3.8, 4) is 5.69 Å². The van der Waals surface area contributed by atoms with E-state index in [1.54, 1.807) is 23.1 Å². The lowest BCUT2D eigenvalue weighted by molar-refractivity contribution is 0.102. The minimum Gasteiger partial charge on any atom is -0.320 e. The number of rotatable bonds is 6. The molecule has 0 spiro atoms. The Balaban J connectivity index is 1.50. The van der Waals surface area contributed by atoms with Crippen LogP contribution in [0.2, 0.25) is 0 Å². The lowest BCUT2D eigenvalue weighted by atomic mass is 10.1. The minimum atomic E-state index is -0.320. The normalized spacial score (nSPS) is 10.9. The molecule has 7 nitrogen and oxygen atoms in total. The highest BCUT2D eigenvalue weighted by molar-refractivity contribution is 9.10. The Morgan fingerprint density at radius 1 is 0.939 bits per heavy atom. The first-order valence-corrected chi connectivity index (χ1v) is 11.9. The van der Waals surface area contributed by atoms with Crippen molar-refractivity contribution in [1.29, 1.82) is 0 Å². The SMILES string of the molecule is O=C(Nc1cccc2ccccc12)c1nnn(-c2ccc(Br)cc2)c1CSc1ncccn1. The van der Waals surface area contributed by atoms with Crippen LogP contribution >= 0.6 is 27.7 Å². The lowest BCUT2D eigenvalue weighted by Crippen LogP contribution is -2.15. The third kappa shape index (κ3) is 4.64. The Kier molecular flexibility index (Phi) is 6.14. The van der Waals surface area contributed by atoms with Gasteiger partial charge in [0.1, 0.15) is 0 Å². The van der Waals surface area contributed by atoms with Gasteiger partial charge in [0.25, 0.3) is 5.91 Å². The number of nitrogens with one attached hydrogen (secondary N) is 1. The molecule has 0 aliphatic carbocycles. The van der Waals surface area contributed by atoms with E-state index in [2.05, 4.69) is 41.5 Å². The average Bonchev–Trinajstić information content (AvgIpc) is 3.28. The van der Waals surface area contributed by atoms with Crippen molar-refractivity contribution in [2.45, 2.75) is 10.9 Å². The maximum absolute atomic E-state index is 13.3. The van der Waals surface area contributed by atoms with Crippen LogP contribution in [-0.2, 0) is 5.75 Å². The molecule has 1 N–H and O–H groups in total. The largest absolute Gasteiger partial charge is 0.320 e. The maximum Gasteiger partial charge on any atom is 0.278 e. The molecule has 0 radical (unpaired) electrons. The molecule has 0 atom stereocenters. The number of anilines is 1. The van der Waals surface area contributed by atoms with Gasteiger partial charge in [-0.25, -0.2) is 14.6 Å². The maximum atomic E-state index is 13.3. The van der Waals surface area contributed by atoms with Crippen LogP contribution in [0.4, 0.5) is 5.69 Å². The Hall–Kier alpha value is -3.56. The minimum absolute atomic E-state index is 0.259. The van der Waals surface area contributed by atoms with Gasteiger partial charge in [0.2, 0.25) is 0 Å². The van der Waals surface area contributed by atoms with Crippen molar-refractivity contribution in [1.82, 2.24) is 25.0 Å². The van der Waals surface area contributed by atoms with Gasteiger partial charge in [-0.15, -0.1) is 5.10 Å². The smallest absolute Gasteiger partial charge is 0.278 e. The van der Waals surface area contributed by atoms with Crippen molar-refractivity contribution >= 4 is 50.1 Å². The van der Waals surface area contributed by atoms with E-state index in [-0.39, 0.29) is 11.6 Å². The number of nitrogens with zero attached hydrogens (tertiary/aromatic N) is 5. The van der Waals surface area contributed by atoms with E-state index in [1.807, 2.05) is 66.7 Å². The van der Waals surface area contributed by atoms with Gasteiger partial charge in [-0.2, -0.15) is 0 Å². The summed E-state index contributed by atoms with van der Waals surface area (Å²) in [4.78, 5) is 21.8. The number of fused-ring (bicyclic) bond motifs is 1. The number of amides is 1. The summed E-state index contributed by atoms with van der Waals surface area (Å²) < 4.78 is 2.63. The molecular weight excluding hydrogens is 500 g/mol. The van der Waals surface area contributed by atoms with Crippen LogP contribution in [0.5, 0.6) is 0 Å². The fourth-order valence-corrected chi connectivity index (χ4v) is 4.47. The van der Waals surface area contributed by atoms with Gasteiger partial charge in [-0.3, -0.25) is 4.79 Å². The first kappa shape index (κ1) is 21.3. The second-order valence-corrected chi connectivity index (χ2v) is 8.93. The molecule has 5 aromatic rings. The second-order valence-electron chi connectivity index (χ2n) is 7.07. The van der Waals surface area contributed by atoms with E-state index >= 15 is 0 Å². The van der Waals surface area contributed by atoms with Crippen molar-refractivity contribution in [2.75, 3.05) is 5.32 Å². The monoisotopic (exact) mass is 516 g/mol. The number of hydrogen-bond acceptors (Lipinski definition) is 6. The summed E-state index contributed by atoms with van der Waals surface area (Å²) in [5, 5.41) is 14.2. The standard InChI is InChI=1S/C24H17BrN6OS/c25-17-9-11-18(12-10-17)31-21(15-33-24-26-13-4-14-27-24)22(29-30-31)23(32)28-20-8-3-6-16-5-1-2-7-19(16)20/h1-14H,15H2,(H,28,32). The molecule has 1 amide bonds. The molecule has 33 heavy (non-hydrogen) atoms. The predicted molar refractivity (Wildman–Crippen MR) is 133 cm³/mol. The number of halogens is 1.